The molecule has 2 amide bonds. The molecule has 18 heavy (non-hydrogen) atoms. The molecule has 0 spiro atoms. The van der Waals surface area contributed by atoms with Crippen molar-refractivity contribution in [3.05, 3.63) is 0 Å². The van der Waals surface area contributed by atoms with Crippen molar-refractivity contribution in [3.63, 3.8) is 0 Å². The first-order valence-electron chi connectivity index (χ1n) is 6.56. The number of carbonyl (C=O) groups is 2. The maximum Gasteiger partial charge on any atom is 0.319 e. The van der Waals surface area contributed by atoms with Gasteiger partial charge in [0.25, 0.3) is 0 Å². The minimum atomic E-state index is -0.779. The highest BCUT2D eigenvalue weighted by atomic mass is 16.4. The zero-order chi connectivity index (χ0) is 13.9. The van der Waals surface area contributed by atoms with Crippen LogP contribution in [-0.2, 0) is 4.79 Å². The van der Waals surface area contributed by atoms with Crippen LogP contribution in [0.3, 0.4) is 0 Å². The van der Waals surface area contributed by atoms with Crippen LogP contribution in [0.25, 0.3) is 0 Å². The molecule has 5 heteroatoms. The lowest BCUT2D eigenvalue weighted by Gasteiger charge is -2.31. The first kappa shape index (κ1) is 14.8. The fourth-order valence-corrected chi connectivity index (χ4v) is 2.26. The highest BCUT2D eigenvalue weighted by Crippen LogP contribution is 2.21. The van der Waals surface area contributed by atoms with Gasteiger partial charge in [-0.1, -0.05) is 13.8 Å². The number of carbonyl (C=O) groups excluding carboxylic acids is 1. The molecular weight excluding hydrogens is 232 g/mol. The van der Waals surface area contributed by atoms with Gasteiger partial charge in [0.05, 0.1) is 0 Å². The number of nitrogens with zero attached hydrogens (tertiary/aromatic N) is 2. The third kappa shape index (κ3) is 3.62. The molecular formula is C13H24N2O3. The Hall–Kier alpha value is -1.26. The fraction of sp³-hybridized carbons (Fsp3) is 0.846. The summed E-state index contributed by atoms with van der Waals surface area (Å²) in [5.41, 5.74) is 0. The molecule has 5 nitrogen and oxygen atoms in total. The molecule has 1 fully saturated rings. The second kappa shape index (κ2) is 6.07. The molecule has 1 saturated heterocycles. The van der Waals surface area contributed by atoms with E-state index in [0.717, 1.165) is 6.42 Å². The number of rotatable bonds is 4. The molecule has 0 radical (unpaired) electrons. The van der Waals surface area contributed by atoms with E-state index in [9.17, 15) is 9.59 Å². The predicted molar refractivity (Wildman–Crippen MR) is 69.4 cm³/mol. The quantitative estimate of drug-likeness (QED) is 0.835. The lowest BCUT2D eigenvalue weighted by Crippen LogP contribution is -2.45. The van der Waals surface area contributed by atoms with Crippen molar-refractivity contribution in [2.45, 2.75) is 39.7 Å². The predicted octanol–water partition coefficient (Wildman–Crippen LogP) is 1.88. The SMILES string of the molecule is CC(C)C(C)N(C)C(=O)N1CCC(CC(=O)O)C1. The van der Waals surface area contributed by atoms with Gasteiger partial charge in [-0.05, 0) is 25.2 Å². The van der Waals surface area contributed by atoms with E-state index in [1.54, 1.807) is 9.80 Å². The summed E-state index contributed by atoms with van der Waals surface area (Å²) >= 11 is 0. The second-order valence-corrected chi connectivity index (χ2v) is 5.58. The van der Waals surface area contributed by atoms with Crippen LogP contribution >= 0.6 is 0 Å². The summed E-state index contributed by atoms with van der Waals surface area (Å²) in [6, 6.07) is 0.208. The molecule has 1 N–H and O–H groups in total. The Labute approximate surface area is 109 Å². The minimum absolute atomic E-state index is 0.0177. The minimum Gasteiger partial charge on any atom is -0.481 e. The van der Waals surface area contributed by atoms with Gasteiger partial charge in [0.1, 0.15) is 0 Å². The smallest absolute Gasteiger partial charge is 0.319 e. The number of carboxylic acid groups (broad SMARTS) is 1. The Morgan fingerprint density at radius 2 is 2.00 bits per heavy atom. The summed E-state index contributed by atoms with van der Waals surface area (Å²) in [7, 11) is 1.82. The summed E-state index contributed by atoms with van der Waals surface area (Å²) in [6.07, 6.45) is 0.954. The van der Waals surface area contributed by atoms with Gasteiger partial charge in [0, 0.05) is 32.6 Å². The van der Waals surface area contributed by atoms with E-state index >= 15 is 0 Å². The van der Waals surface area contributed by atoms with Crippen LogP contribution in [0.15, 0.2) is 0 Å². The standard InChI is InChI=1S/C13H24N2O3/c1-9(2)10(3)14(4)13(18)15-6-5-11(8-15)7-12(16)17/h9-11H,5-8H2,1-4H3,(H,16,17). The summed E-state index contributed by atoms with van der Waals surface area (Å²) < 4.78 is 0. The number of likely N-dealkylation sites (tertiary alicyclic amines) is 1. The molecule has 2 atom stereocenters. The van der Waals surface area contributed by atoms with Gasteiger partial charge in [-0.2, -0.15) is 0 Å². The summed E-state index contributed by atoms with van der Waals surface area (Å²) in [4.78, 5) is 26.4. The third-order valence-corrected chi connectivity index (χ3v) is 3.90. The van der Waals surface area contributed by atoms with Crippen molar-refractivity contribution >= 4 is 12.0 Å². The average Bonchev–Trinajstić information content (AvgIpc) is 2.73. The van der Waals surface area contributed by atoms with Crippen molar-refractivity contribution in [1.29, 1.82) is 0 Å². The van der Waals surface area contributed by atoms with Crippen LogP contribution in [0, 0.1) is 11.8 Å². The molecule has 2 unspecified atom stereocenters. The number of hydrogen-bond acceptors (Lipinski definition) is 2. The Balaban J connectivity index is 2.51. The van der Waals surface area contributed by atoms with Crippen LogP contribution in [-0.4, -0.2) is 53.1 Å². The van der Waals surface area contributed by atoms with E-state index < -0.39 is 5.97 Å². The van der Waals surface area contributed by atoms with Gasteiger partial charge in [-0.3, -0.25) is 4.79 Å². The highest BCUT2D eigenvalue weighted by molar-refractivity contribution is 5.75. The van der Waals surface area contributed by atoms with Crippen LogP contribution in [0.4, 0.5) is 4.79 Å². The Bertz CT molecular complexity index is 317. The third-order valence-electron chi connectivity index (χ3n) is 3.90. The van der Waals surface area contributed by atoms with Crippen LogP contribution < -0.4 is 0 Å². The lowest BCUT2D eigenvalue weighted by atomic mass is 10.1. The topological polar surface area (TPSA) is 60.9 Å². The molecule has 0 saturated carbocycles. The normalized spacial score (nSPS) is 21.2. The first-order valence-corrected chi connectivity index (χ1v) is 6.56. The Kier molecular flexibility index (Phi) is 4.99. The van der Waals surface area contributed by atoms with Crippen LogP contribution in [0.1, 0.15) is 33.6 Å². The Morgan fingerprint density at radius 3 is 2.50 bits per heavy atom. The summed E-state index contributed by atoms with van der Waals surface area (Å²) in [5.74, 6) is -0.260. The van der Waals surface area contributed by atoms with Crippen LogP contribution in [0.5, 0.6) is 0 Å². The van der Waals surface area contributed by atoms with Gasteiger partial charge in [0.15, 0.2) is 0 Å². The lowest BCUT2D eigenvalue weighted by molar-refractivity contribution is -0.138. The number of amides is 2. The zero-order valence-electron chi connectivity index (χ0n) is 11.7. The zero-order valence-corrected chi connectivity index (χ0v) is 11.7. The first-order chi connectivity index (χ1) is 8.32. The fourth-order valence-electron chi connectivity index (χ4n) is 2.26. The van der Waals surface area contributed by atoms with Gasteiger partial charge < -0.3 is 14.9 Å². The van der Waals surface area contributed by atoms with Crippen LogP contribution in [0.2, 0.25) is 0 Å². The summed E-state index contributed by atoms with van der Waals surface area (Å²) in [6.45, 7) is 7.46. The molecule has 0 aliphatic carbocycles. The van der Waals surface area contributed by atoms with Crippen molar-refractivity contribution < 1.29 is 14.7 Å². The molecule has 1 aliphatic heterocycles. The molecule has 0 aromatic rings. The molecule has 1 rings (SSSR count). The van der Waals surface area contributed by atoms with E-state index in [2.05, 4.69) is 13.8 Å². The average molecular weight is 256 g/mol. The number of aliphatic carboxylic acids is 1. The highest BCUT2D eigenvalue weighted by Gasteiger charge is 2.31. The number of hydrogen-bond donors (Lipinski definition) is 1. The van der Waals surface area contributed by atoms with Crippen molar-refractivity contribution in [1.82, 2.24) is 9.80 Å². The maximum absolute atomic E-state index is 12.2. The largest absolute Gasteiger partial charge is 0.481 e. The van der Waals surface area contributed by atoms with Crippen molar-refractivity contribution in [3.8, 4) is 0 Å². The number of carboxylic acids is 1. The van der Waals surface area contributed by atoms with Gasteiger partial charge in [0.2, 0.25) is 0 Å². The molecule has 1 heterocycles. The van der Waals surface area contributed by atoms with Crippen molar-refractivity contribution in [2.75, 3.05) is 20.1 Å². The van der Waals surface area contributed by atoms with E-state index in [1.165, 1.54) is 0 Å². The summed E-state index contributed by atoms with van der Waals surface area (Å²) in [5, 5.41) is 8.76. The monoisotopic (exact) mass is 256 g/mol. The molecule has 0 aromatic carbocycles. The van der Waals surface area contributed by atoms with Crippen molar-refractivity contribution in [2.24, 2.45) is 11.8 Å². The molecule has 0 aromatic heterocycles. The van der Waals surface area contributed by atoms with Gasteiger partial charge >= 0.3 is 12.0 Å². The molecule has 0 bridgehead atoms. The molecule has 1 aliphatic rings. The Morgan fingerprint density at radius 1 is 1.39 bits per heavy atom. The van der Waals surface area contributed by atoms with Gasteiger partial charge in [-0.25, -0.2) is 4.79 Å². The maximum atomic E-state index is 12.2. The van der Waals surface area contributed by atoms with Gasteiger partial charge in [-0.15, -0.1) is 0 Å². The van der Waals surface area contributed by atoms with E-state index in [1.807, 2.05) is 14.0 Å². The number of urea groups is 1. The molecule has 104 valence electrons. The second-order valence-electron chi connectivity index (χ2n) is 5.58. The van der Waals surface area contributed by atoms with E-state index in [-0.39, 0.29) is 24.4 Å². The van der Waals surface area contributed by atoms with E-state index in [4.69, 9.17) is 5.11 Å². The van der Waals surface area contributed by atoms with E-state index in [0.29, 0.717) is 19.0 Å².